The lowest BCUT2D eigenvalue weighted by Gasteiger charge is -2.32. The number of aliphatic hydroxyl groups is 2. The summed E-state index contributed by atoms with van der Waals surface area (Å²) in [6, 6.07) is -0.678. The summed E-state index contributed by atoms with van der Waals surface area (Å²) in [5.41, 5.74) is -1.81. The Balaban J connectivity index is 2.20. The van der Waals surface area contributed by atoms with Crippen molar-refractivity contribution < 1.29 is 62.7 Å². The zero-order chi connectivity index (χ0) is 44.0. The van der Waals surface area contributed by atoms with Crippen molar-refractivity contribution in [3.63, 3.8) is 0 Å². The van der Waals surface area contributed by atoms with Crippen LogP contribution in [0.4, 0.5) is 0 Å². The highest BCUT2D eigenvalue weighted by atomic mass is 35.5. The number of hydrogen-bond donors (Lipinski definition) is 3. The summed E-state index contributed by atoms with van der Waals surface area (Å²) >= 11 is 14.2. The molecule has 1 amide bonds. The van der Waals surface area contributed by atoms with Crippen molar-refractivity contribution in [3.8, 4) is 0 Å². The molecular weight excluding hydrogens is 841 g/mol. The molecule has 7 atom stereocenters. The number of halogens is 2. The topological polar surface area (TPSA) is 227 Å². The van der Waals surface area contributed by atoms with E-state index in [1.165, 1.54) is 38.6 Å². The van der Waals surface area contributed by atoms with Crippen LogP contribution in [-0.4, -0.2) is 97.8 Å². The van der Waals surface area contributed by atoms with Crippen LogP contribution in [0.2, 0.25) is 0 Å². The zero-order valence-electron chi connectivity index (χ0n) is 34.2. The molecule has 16 nitrogen and oxygen atoms in total. The smallest absolute Gasteiger partial charge is 0.358 e. The van der Waals surface area contributed by atoms with Gasteiger partial charge in [-0.2, -0.15) is 0 Å². The number of aromatic nitrogens is 2. The number of methoxy groups -OCH3 is 1. The van der Waals surface area contributed by atoms with Gasteiger partial charge in [-0.15, -0.1) is 45.9 Å². The molecule has 2 heterocycles. The monoisotopic (exact) mass is 895 g/mol. The van der Waals surface area contributed by atoms with Crippen molar-refractivity contribution in [2.45, 2.75) is 141 Å². The minimum Gasteiger partial charge on any atom is -0.464 e. The molecule has 2 aromatic heterocycles. The van der Waals surface area contributed by atoms with E-state index in [0.29, 0.717) is 12.8 Å². The molecule has 2 rings (SSSR count). The van der Waals surface area contributed by atoms with Gasteiger partial charge in [0.1, 0.15) is 44.9 Å². The first-order valence-electron chi connectivity index (χ1n) is 18.8. The molecule has 0 bridgehead atoms. The minimum atomic E-state index is -1.59. The van der Waals surface area contributed by atoms with Crippen LogP contribution < -0.4 is 5.32 Å². The number of ether oxygens (including phenoxy) is 5. The van der Waals surface area contributed by atoms with Crippen molar-refractivity contribution in [1.29, 1.82) is 0 Å². The summed E-state index contributed by atoms with van der Waals surface area (Å²) in [6.45, 7) is 12.3. The summed E-state index contributed by atoms with van der Waals surface area (Å²) < 4.78 is 25.8. The number of nitrogens with zero attached hydrogens (tertiary/aromatic N) is 2. The van der Waals surface area contributed by atoms with Gasteiger partial charge < -0.3 is 39.2 Å². The van der Waals surface area contributed by atoms with Gasteiger partial charge in [0.25, 0.3) is 0 Å². The molecule has 3 N–H and O–H groups in total. The van der Waals surface area contributed by atoms with Crippen molar-refractivity contribution in [3.05, 3.63) is 32.2 Å². The second-order valence-corrected chi connectivity index (χ2v) is 18.1. The highest BCUT2D eigenvalue weighted by Gasteiger charge is 2.40. The molecule has 0 aromatic carbocycles. The van der Waals surface area contributed by atoms with Gasteiger partial charge >= 0.3 is 29.8 Å². The first-order chi connectivity index (χ1) is 27.0. The lowest BCUT2D eigenvalue weighted by molar-refractivity contribution is -0.173. The van der Waals surface area contributed by atoms with Gasteiger partial charge in [0, 0.05) is 24.1 Å². The number of carbonyl (C=O) groups is 6. The number of carbonyl (C=O) groups excluding carboxylic acids is 6. The van der Waals surface area contributed by atoms with Crippen LogP contribution in [0.3, 0.4) is 0 Å². The Morgan fingerprint density at radius 3 is 2.07 bits per heavy atom. The van der Waals surface area contributed by atoms with E-state index in [1.807, 2.05) is 6.92 Å². The molecule has 20 heteroatoms. The third-order valence-corrected chi connectivity index (χ3v) is 11.2. The zero-order valence-corrected chi connectivity index (χ0v) is 37.3. The summed E-state index contributed by atoms with van der Waals surface area (Å²) in [5.74, 6) is -5.48. The van der Waals surface area contributed by atoms with Gasteiger partial charge in [-0.1, -0.05) is 27.7 Å². The normalized spacial score (nSPS) is 15.8. The summed E-state index contributed by atoms with van der Waals surface area (Å²) in [5, 5.41) is 27.7. The molecule has 0 saturated carbocycles. The van der Waals surface area contributed by atoms with Crippen LogP contribution in [0.25, 0.3) is 0 Å². The van der Waals surface area contributed by atoms with E-state index in [1.54, 1.807) is 27.7 Å². The molecule has 0 aliphatic rings. The fourth-order valence-corrected chi connectivity index (χ4v) is 7.45. The van der Waals surface area contributed by atoms with E-state index < -0.39 is 89.2 Å². The number of nitrogens with one attached hydrogen (secondary N) is 1. The third kappa shape index (κ3) is 16.3. The van der Waals surface area contributed by atoms with Crippen LogP contribution >= 0.6 is 45.9 Å². The largest absolute Gasteiger partial charge is 0.464 e. The Morgan fingerprint density at radius 2 is 1.52 bits per heavy atom. The van der Waals surface area contributed by atoms with Crippen molar-refractivity contribution in [2.75, 3.05) is 13.7 Å². The Morgan fingerprint density at radius 1 is 0.914 bits per heavy atom. The average Bonchev–Trinajstić information content (AvgIpc) is 3.84. The maximum atomic E-state index is 13.7. The molecule has 0 saturated heterocycles. The molecule has 0 spiro atoms. The number of alkyl halides is 2. The summed E-state index contributed by atoms with van der Waals surface area (Å²) in [4.78, 5) is 84.5. The van der Waals surface area contributed by atoms with Crippen LogP contribution in [0.5, 0.6) is 0 Å². The SMILES string of the molecule is CCCC(=O)N[C@@H](C(C)C)[C@@H](CC(=O)OC[C@@H](O)c1nc(C(=O)O[C@@H](CCCC(C)(Cl)Cl)[C@H](C)C(=O)O[C@@H](c2nc(C(=O)OC)cs2)[C@@](C)(O)CC)cs1)OC(C)=O. The highest BCUT2D eigenvalue weighted by molar-refractivity contribution is 7.10. The van der Waals surface area contributed by atoms with E-state index >= 15 is 0 Å². The van der Waals surface area contributed by atoms with Crippen LogP contribution in [0, 0.1) is 11.8 Å². The van der Waals surface area contributed by atoms with Crippen molar-refractivity contribution in [2.24, 2.45) is 11.8 Å². The first kappa shape index (κ1) is 50.7. The van der Waals surface area contributed by atoms with Crippen LogP contribution in [-0.2, 0) is 42.9 Å². The summed E-state index contributed by atoms with van der Waals surface area (Å²) in [7, 11) is 1.20. The second kappa shape index (κ2) is 23.4. The molecule has 0 aliphatic carbocycles. The number of esters is 5. The predicted octanol–water partition coefficient (Wildman–Crippen LogP) is 6.20. The van der Waals surface area contributed by atoms with E-state index in [9.17, 15) is 39.0 Å². The Kier molecular flexibility index (Phi) is 20.5. The highest BCUT2D eigenvalue weighted by Crippen LogP contribution is 2.36. The lowest BCUT2D eigenvalue weighted by atomic mass is 9.95. The van der Waals surface area contributed by atoms with Gasteiger partial charge in [0.05, 0.1) is 25.5 Å². The number of hydrogen-bond acceptors (Lipinski definition) is 17. The number of thiazole rings is 2. The van der Waals surface area contributed by atoms with Crippen LogP contribution in [0.1, 0.15) is 144 Å². The summed E-state index contributed by atoms with van der Waals surface area (Å²) in [6.07, 6.45) is -3.51. The molecule has 58 heavy (non-hydrogen) atoms. The molecule has 0 aliphatic heterocycles. The quantitative estimate of drug-likeness (QED) is 0.0606. The Hall–Kier alpha value is -3.42. The molecule has 0 unspecified atom stereocenters. The fourth-order valence-electron chi connectivity index (χ4n) is 5.46. The van der Waals surface area contributed by atoms with Crippen molar-refractivity contribution in [1.82, 2.24) is 15.3 Å². The van der Waals surface area contributed by atoms with Gasteiger partial charge in [0.15, 0.2) is 17.5 Å². The van der Waals surface area contributed by atoms with E-state index in [2.05, 4.69) is 15.3 Å². The standard InChI is InChI=1S/C38H55Cl2N3O13S2/c1-10-13-28(46)43-30(20(3)4)27(54-22(6)44)16-29(47)53-17-25(45)32-41-24(19-57-32)36(50)55-26(14-12-15-38(8,39)40)21(5)34(48)56-31(37(7,51)11-2)33-42-23(18-58-33)35(49)52-9/h18-21,25-27,30-31,45,51H,10-17H2,1-9H3,(H,43,46)/t21-,25+,26-,27+,30-,31-,37-/m0/s1. The van der Waals surface area contributed by atoms with Crippen LogP contribution in [0.15, 0.2) is 10.8 Å². The number of aliphatic hydroxyl groups excluding tert-OH is 1. The molecule has 0 fully saturated rings. The van der Waals surface area contributed by atoms with Gasteiger partial charge in [-0.25, -0.2) is 19.6 Å². The Labute approximate surface area is 356 Å². The minimum absolute atomic E-state index is 0.0200. The number of rotatable bonds is 24. The maximum absolute atomic E-state index is 13.7. The maximum Gasteiger partial charge on any atom is 0.358 e. The van der Waals surface area contributed by atoms with Gasteiger partial charge in [0.2, 0.25) is 5.91 Å². The number of amides is 1. The predicted molar refractivity (Wildman–Crippen MR) is 215 cm³/mol. The van der Waals surface area contributed by atoms with Gasteiger partial charge in [-0.05, 0) is 58.8 Å². The first-order valence-corrected chi connectivity index (χ1v) is 21.4. The van der Waals surface area contributed by atoms with E-state index in [0.717, 1.165) is 22.7 Å². The molecule has 326 valence electrons. The van der Waals surface area contributed by atoms with Crippen molar-refractivity contribution >= 4 is 81.6 Å². The Bertz CT molecular complexity index is 1690. The third-order valence-electron chi connectivity index (χ3n) is 8.97. The van der Waals surface area contributed by atoms with Gasteiger partial charge in [-0.3, -0.25) is 19.2 Å². The molecule has 0 radical (unpaired) electrons. The molecule has 2 aromatic rings. The van der Waals surface area contributed by atoms with E-state index in [4.69, 9.17) is 46.9 Å². The second-order valence-electron chi connectivity index (χ2n) is 14.5. The average molecular weight is 897 g/mol. The molecular formula is C38H55Cl2N3O13S2. The van der Waals surface area contributed by atoms with E-state index in [-0.39, 0.29) is 58.9 Å². The lowest BCUT2D eigenvalue weighted by Crippen LogP contribution is -2.49. The fraction of sp³-hybridized carbons (Fsp3) is 0.684.